The van der Waals surface area contributed by atoms with Crippen molar-refractivity contribution >= 4 is 27.7 Å². The fourth-order valence-corrected chi connectivity index (χ4v) is 3.88. The first-order chi connectivity index (χ1) is 14.2. The van der Waals surface area contributed by atoms with E-state index in [0.29, 0.717) is 30.6 Å². The Kier molecular flexibility index (Phi) is 6.33. The maximum absolute atomic E-state index is 5.41. The van der Waals surface area contributed by atoms with Crippen LogP contribution in [0.2, 0.25) is 0 Å². The van der Waals surface area contributed by atoms with E-state index in [0.717, 1.165) is 26.6 Å². The molecule has 0 bridgehead atoms. The summed E-state index contributed by atoms with van der Waals surface area (Å²) >= 11 is 4.95. The van der Waals surface area contributed by atoms with Crippen molar-refractivity contribution in [2.45, 2.75) is 17.5 Å². The van der Waals surface area contributed by atoms with Gasteiger partial charge in [-0.25, -0.2) is 0 Å². The van der Waals surface area contributed by atoms with Gasteiger partial charge in [0, 0.05) is 35.1 Å². The van der Waals surface area contributed by atoms with E-state index in [-0.39, 0.29) is 0 Å². The lowest BCUT2D eigenvalue weighted by molar-refractivity contribution is 0.185. The number of hydrogen-bond acceptors (Lipinski definition) is 8. The highest BCUT2D eigenvalue weighted by Gasteiger charge is 2.16. The van der Waals surface area contributed by atoms with Crippen molar-refractivity contribution < 1.29 is 9.26 Å². The predicted molar refractivity (Wildman–Crippen MR) is 112 cm³/mol. The molecule has 0 radical (unpaired) electrons. The van der Waals surface area contributed by atoms with Crippen LogP contribution in [-0.2, 0) is 17.0 Å². The molecule has 3 aromatic heterocycles. The molecule has 0 saturated carbocycles. The molecular weight excluding hydrogens is 456 g/mol. The summed E-state index contributed by atoms with van der Waals surface area (Å²) in [5.74, 6) is 2.34. The Balaban J connectivity index is 1.52. The van der Waals surface area contributed by atoms with E-state index in [1.165, 1.54) is 11.8 Å². The van der Waals surface area contributed by atoms with Gasteiger partial charge in [-0.2, -0.15) is 4.98 Å². The minimum atomic E-state index is 0.489. The molecule has 0 aliphatic carbocycles. The normalized spacial score (nSPS) is 11.1. The summed E-state index contributed by atoms with van der Waals surface area (Å²) in [5, 5.41) is 13.5. The predicted octanol–water partition coefficient (Wildman–Crippen LogP) is 4.09. The Morgan fingerprint density at radius 3 is 2.79 bits per heavy atom. The number of benzene rings is 1. The van der Waals surface area contributed by atoms with Crippen molar-refractivity contribution in [3.8, 4) is 22.8 Å². The molecule has 4 aromatic rings. The summed E-state index contributed by atoms with van der Waals surface area (Å²) in [6.45, 7) is 1.19. The van der Waals surface area contributed by atoms with Gasteiger partial charge in [0.15, 0.2) is 11.0 Å². The molecule has 0 atom stereocenters. The van der Waals surface area contributed by atoms with Crippen LogP contribution in [0.15, 0.2) is 62.9 Å². The van der Waals surface area contributed by atoms with Crippen molar-refractivity contribution in [1.29, 1.82) is 0 Å². The number of rotatable bonds is 8. The van der Waals surface area contributed by atoms with Crippen LogP contribution < -0.4 is 0 Å². The highest BCUT2D eigenvalue weighted by atomic mass is 79.9. The standard InChI is InChI=1S/C19H17BrN6O2S/c1-27-10-9-26-18(13-5-7-21-8-6-13)23-24-19(26)29-12-16-22-17(25-28-16)14-3-2-4-15(20)11-14/h2-8,11H,9-10,12H2,1H3. The fraction of sp³-hybridized carbons (Fsp3) is 0.211. The molecule has 148 valence electrons. The van der Waals surface area contributed by atoms with Crippen LogP contribution in [0.4, 0.5) is 0 Å². The third-order valence-electron chi connectivity index (χ3n) is 4.05. The lowest BCUT2D eigenvalue weighted by atomic mass is 10.2. The summed E-state index contributed by atoms with van der Waals surface area (Å²) in [5.41, 5.74) is 1.84. The Hall–Kier alpha value is -2.56. The van der Waals surface area contributed by atoms with Gasteiger partial charge in [0.1, 0.15) is 0 Å². The average molecular weight is 473 g/mol. The second-order valence-corrected chi connectivity index (χ2v) is 7.86. The second kappa shape index (κ2) is 9.29. The molecule has 4 rings (SSSR count). The number of methoxy groups -OCH3 is 1. The van der Waals surface area contributed by atoms with E-state index in [1.807, 2.05) is 41.0 Å². The number of halogens is 1. The minimum absolute atomic E-state index is 0.489. The molecule has 0 aliphatic heterocycles. The van der Waals surface area contributed by atoms with Gasteiger partial charge in [-0.05, 0) is 24.3 Å². The molecular formula is C19H17BrN6O2S. The van der Waals surface area contributed by atoms with Crippen LogP contribution in [0, 0.1) is 0 Å². The average Bonchev–Trinajstić information content (AvgIpc) is 3.38. The highest BCUT2D eigenvalue weighted by Crippen LogP contribution is 2.27. The van der Waals surface area contributed by atoms with Gasteiger partial charge >= 0.3 is 0 Å². The van der Waals surface area contributed by atoms with Crippen LogP contribution >= 0.6 is 27.7 Å². The first-order valence-electron chi connectivity index (χ1n) is 8.78. The lowest BCUT2D eigenvalue weighted by Gasteiger charge is -2.08. The summed E-state index contributed by atoms with van der Waals surface area (Å²) < 4.78 is 13.6. The molecule has 0 saturated heterocycles. The molecule has 0 amide bonds. The SMILES string of the molecule is COCCn1c(SCc2nc(-c3cccc(Br)c3)no2)nnc1-c1ccncc1. The van der Waals surface area contributed by atoms with E-state index < -0.39 is 0 Å². The first kappa shape index (κ1) is 19.7. The number of ether oxygens (including phenoxy) is 1. The topological polar surface area (TPSA) is 91.8 Å². The Bertz CT molecular complexity index is 1090. The Labute approximate surface area is 179 Å². The molecule has 0 spiro atoms. The molecule has 10 heteroatoms. The van der Waals surface area contributed by atoms with Crippen molar-refractivity contribution in [1.82, 2.24) is 29.9 Å². The van der Waals surface area contributed by atoms with Gasteiger partial charge in [0.2, 0.25) is 11.7 Å². The number of aromatic nitrogens is 6. The zero-order valence-electron chi connectivity index (χ0n) is 15.5. The van der Waals surface area contributed by atoms with Crippen molar-refractivity contribution in [3.05, 3.63) is 59.2 Å². The molecule has 0 N–H and O–H groups in total. The minimum Gasteiger partial charge on any atom is -0.383 e. The third-order valence-corrected chi connectivity index (χ3v) is 5.49. The van der Waals surface area contributed by atoms with E-state index in [1.54, 1.807) is 19.5 Å². The van der Waals surface area contributed by atoms with E-state index in [4.69, 9.17) is 9.26 Å². The van der Waals surface area contributed by atoms with E-state index in [9.17, 15) is 0 Å². The molecule has 3 heterocycles. The number of hydrogen-bond donors (Lipinski definition) is 0. The van der Waals surface area contributed by atoms with Crippen LogP contribution in [0.3, 0.4) is 0 Å². The number of nitrogens with zero attached hydrogens (tertiary/aromatic N) is 6. The van der Waals surface area contributed by atoms with Crippen molar-refractivity contribution in [3.63, 3.8) is 0 Å². The monoisotopic (exact) mass is 472 g/mol. The maximum Gasteiger partial charge on any atom is 0.237 e. The van der Waals surface area contributed by atoms with Gasteiger partial charge in [0.05, 0.1) is 18.9 Å². The smallest absolute Gasteiger partial charge is 0.237 e. The van der Waals surface area contributed by atoms with Gasteiger partial charge in [-0.3, -0.25) is 9.55 Å². The first-order valence-corrected chi connectivity index (χ1v) is 10.6. The zero-order valence-corrected chi connectivity index (χ0v) is 17.9. The van der Waals surface area contributed by atoms with Crippen LogP contribution in [0.1, 0.15) is 5.89 Å². The molecule has 0 fully saturated rings. The molecule has 29 heavy (non-hydrogen) atoms. The lowest BCUT2D eigenvalue weighted by Crippen LogP contribution is -2.07. The maximum atomic E-state index is 5.41. The molecule has 8 nitrogen and oxygen atoms in total. The highest BCUT2D eigenvalue weighted by molar-refractivity contribution is 9.10. The Morgan fingerprint density at radius 1 is 1.14 bits per heavy atom. The quantitative estimate of drug-likeness (QED) is 0.354. The fourth-order valence-electron chi connectivity index (χ4n) is 2.68. The van der Waals surface area contributed by atoms with Crippen LogP contribution in [0.25, 0.3) is 22.8 Å². The van der Waals surface area contributed by atoms with Crippen molar-refractivity contribution in [2.75, 3.05) is 13.7 Å². The third kappa shape index (κ3) is 4.72. The summed E-state index contributed by atoms with van der Waals surface area (Å²) in [4.78, 5) is 8.54. The van der Waals surface area contributed by atoms with Gasteiger partial charge in [-0.1, -0.05) is 45.0 Å². The van der Waals surface area contributed by atoms with Crippen LogP contribution in [0.5, 0.6) is 0 Å². The molecule has 0 unspecified atom stereocenters. The molecule has 0 aliphatic rings. The van der Waals surface area contributed by atoms with Gasteiger partial charge < -0.3 is 9.26 Å². The van der Waals surface area contributed by atoms with Crippen LogP contribution in [-0.4, -0.2) is 43.6 Å². The number of thioether (sulfide) groups is 1. The summed E-state index contributed by atoms with van der Waals surface area (Å²) in [7, 11) is 1.67. The molecule has 1 aromatic carbocycles. The van der Waals surface area contributed by atoms with E-state index in [2.05, 4.69) is 41.3 Å². The number of pyridine rings is 1. The van der Waals surface area contributed by atoms with Gasteiger partial charge in [-0.15, -0.1) is 10.2 Å². The summed E-state index contributed by atoms with van der Waals surface area (Å²) in [6.07, 6.45) is 3.47. The van der Waals surface area contributed by atoms with E-state index >= 15 is 0 Å². The zero-order chi connectivity index (χ0) is 20.1. The second-order valence-electron chi connectivity index (χ2n) is 6.00. The van der Waals surface area contributed by atoms with Crippen molar-refractivity contribution in [2.24, 2.45) is 0 Å². The largest absolute Gasteiger partial charge is 0.383 e. The summed E-state index contributed by atoms with van der Waals surface area (Å²) in [6, 6.07) is 11.6. The van der Waals surface area contributed by atoms with Gasteiger partial charge in [0.25, 0.3) is 0 Å². The Morgan fingerprint density at radius 2 is 2.00 bits per heavy atom.